The van der Waals surface area contributed by atoms with E-state index in [1.807, 2.05) is 12.1 Å². The van der Waals surface area contributed by atoms with Crippen LogP contribution in [-0.2, 0) is 0 Å². The number of likely N-dealkylation sites (tertiary alicyclic amines) is 1. The minimum atomic E-state index is -0.0960. The van der Waals surface area contributed by atoms with Crippen LogP contribution < -0.4 is 15.4 Å². The lowest BCUT2D eigenvalue weighted by Crippen LogP contribution is -2.41. The Morgan fingerprint density at radius 2 is 1.96 bits per heavy atom. The van der Waals surface area contributed by atoms with E-state index in [1.54, 1.807) is 19.2 Å². The summed E-state index contributed by atoms with van der Waals surface area (Å²) >= 11 is 0. The molecule has 0 bridgehead atoms. The first-order chi connectivity index (χ1) is 13.2. The van der Waals surface area contributed by atoms with Crippen LogP contribution in [0.4, 0.5) is 0 Å². The summed E-state index contributed by atoms with van der Waals surface area (Å²) in [4.78, 5) is 19.4. The quantitative estimate of drug-likeness (QED) is 0.457. The van der Waals surface area contributed by atoms with Crippen LogP contribution in [0.1, 0.15) is 43.0 Å². The number of benzene rings is 1. The lowest BCUT2D eigenvalue weighted by atomic mass is 9.82. The zero-order valence-corrected chi connectivity index (χ0v) is 16.5. The highest BCUT2D eigenvalue weighted by molar-refractivity contribution is 5.94. The van der Waals surface area contributed by atoms with Gasteiger partial charge in [-0.25, -0.2) is 0 Å². The number of rotatable bonds is 6. The highest BCUT2D eigenvalue weighted by atomic mass is 16.5. The van der Waals surface area contributed by atoms with E-state index < -0.39 is 0 Å². The van der Waals surface area contributed by atoms with Crippen molar-refractivity contribution in [3.8, 4) is 5.75 Å². The second-order valence-corrected chi connectivity index (χ2v) is 7.43. The molecule has 2 unspecified atom stereocenters. The summed E-state index contributed by atoms with van der Waals surface area (Å²) in [6.07, 6.45) is 5.46. The summed E-state index contributed by atoms with van der Waals surface area (Å²) in [5.74, 6) is 3.24. The normalized spacial score (nSPS) is 22.3. The molecule has 3 rings (SSSR count). The molecule has 1 saturated carbocycles. The molecule has 2 atom stereocenters. The molecule has 0 aromatic heterocycles. The zero-order chi connectivity index (χ0) is 19.1. The summed E-state index contributed by atoms with van der Waals surface area (Å²) < 4.78 is 5.17. The minimum absolute atomic E-state index is 0.0960. The first-order valence-corrected chi connectivity index (χ1v) is 10.2. The molecule has 1 aromatic carbocycles. The van der Waals surface area contributed by atoms with Crippen LogP contribution in [0, 0.1) is 11.8 Å². The van der Waals surface area contributed by atoms with Crippen molar-refractivity contribution >= 4 is 11.9 Å². The Hall–Kier alpha value is -2.24. The number of aliphatic imine (C=N–C) groups is 1. The van der Waals surface area contributed by atoms with Crippen molar-refractivity contribution in [2.45, 2.75) is 32.6 Å². The molecule has 148 valence electrons. The summed E-state index contributed by atoms with van der Waals surface area (Å²) in [6, 6.07) is 7.19. The second-order valence-electron chi connectivity index (χ2n) is 7.43. The van der Waals surface area contributed by atoms with Crippen molar-refractivity contribution in [2.24, 2.45) is 16.8 Å². The summed E-state index contributed by atoms with van der Waals surface area (Å²) in [7, 11) is 1.60. The van der Waals surface area contributed by atoms with Crippen molar-refractivity contribution in [3.63, 3.8) is 0 Å². The third-order valence-corrected chi connectivity index (χ3v) is 5.60. The van der Waals surface area contributed by atoms with Crippen LogP contribution in [0.5, 0.6) is 5.75 Å². The Balaban J connectivity index is 1.50. The van der Waals surface area contributed by atoms with Crippen molar-refractivity contribution in [3.05, 3.63) is 29.8 Å². The van der Waals surface area contributed by atoms with Gasteiger partial charge >= 0.3 is 0 Å². The Morgan fingerprint density at radius 1 is 1.22 bits per heavy atom. The topological polar surface area (TPSA) is 66.0 Å². The fourth-order valence-corrected chi connectivity index (χ4v) is 4.20. The maximum Gasteiger partial charge on any atom is 0.251 e. The maximum absolute atomic E-state index is 12.3. The Labute approximate surface area is 162 Å². The third-order valence-electron chi connectivity index (χ3n) is 5.60. The van der Waals surface area contributed by atoms with Crippen LogP contribution in [0.15, 0.2) is 29.3 Å². The van der Waals surface area contributed by atoms with Gasteiger partial charge in [0, 0.05) is 31.7 Å². The van der Waals surface area contributed by atoms with Gasteiger partial charge in [-0.15, -0.1) is 0 Å². The molecule has 1 amide bonds. The minimum Gasteiger partial charge on any atom is -0.497 e. The first kappa shape index (κ1) is 19.5. The van der Waals surface area contributed by atoms with E-state index in [-0.39, 0.29) is 5.91 Å². The molecule has 1 aromatic rings. The standard InChI is InChI=1S/C21H32N4O2/c1-3-22-21(25-14-17-7-4-5-8-18(17)15-25)24-12-11-23-20(26)16-9-6-10-19(13-16)27-2/h6,9-10,13,17-18H,3-5,7-8,11-12,14-15H2,1-2H3,(H,22,24)(H,23,26). The molecule has 2 N–H and O–H groups in total. The largest absolute Gasteiger partial charge is 0.497 e. The number of hydrogen-bond donors (Lipinski definition) is 2. The molecule has 6 heteroatoms. The summed E-state index contributed by atoms with van der Waals surface area (Å²) in [5, 5.41) is 6.36. The van der Waals surface area contributed by atoms with Crippen LogP contribution in [0.2, 0.25) is 0 Å². The number of nitrogens with zero attached hydrogens (tertiary/aromatic N) is 2. The van der Waals surface area contributed by atoms with E-state index in [0.717, 1.165) is 37.4 Å². The SMILES string of the molecule is CCNC(=NCCNC(=O)c1cccc(OC)c1)N1CC2CCCCC2C1. The van der Waals surface area contributed by atoms with Gasteiger partial charge in [0.15, 0.2) is 5.96 Å². The molecule has 2 aliphatic rings. The van der Waals surface area contributed by atoms with Gasteiger partial charge in [-0.05, 0) is 49.8 Å². The molecule has 1 aliphatic heterocycles. The van der Waals surface area contributed by atoms with Gasteiger partial charge in [0.25, 0.3) is 5.91 Å². The third kappa shape index (κ3) is 5.15. The van der Waals surface area contributed by atoms with Gasteiger partial charge in [0.1, 0.15) is 5.75 Å². The molecule has 1 heterocycles. The molecule has 1 aliphatic carbocycles. The number of methoxy groups -OCH3 is 1. The molecule has 0 radical (unpaired) electrons. The number of ether oxygens (including phenoxy) is 1. The van der Waals surface area contributed by atoms with Crippen LogP contribution >= 0.6 is 0 Å². The van der Waals surface area contributed by atoms with Gasteiger partial charge in [0.2, 0.25) is 0 Å². The lowest BCUT2D eigenvalue weighted by molar-refractivity contribution is 0.0954. The van der Waals surface area contributed by atoms with Gasteiger partial charge in [-0.2, -0.15) is 0 Å². The lowest BCUT2D eigenvalue weighted by Gasteiger charge is -2.22. The van der Waals surface area contributed by atoms with E-state index in [9.17, 15) is 4.79 Å². The first-order valence-electron chi connectivity index (χ1n) is 10.2. The Kier molecular flexibility index (Phi) is 6.96. The number of nitrogens with one attached hydrogen (secondary N) is 2. The summed E-state index contributed by atoms with van der Waals surface area (Å²) in [6.45, 7) is 6.29. The van der Waals surface area contributed by atoms with E-state index in [0.29, 0.717) is 24.4 Å². The number of carbonyl (C=O) groups is 1. The number of amides is 1. The van der Waals surface area contributed by atoms with Gasteiger partial charge in [0.05, 0.1) is 13.7 Å². The Bertz CT molecular complexity index is 647. The molecule has 1 saturated heterocycles. The zero-order valence-electron chi connectivity index (χ0n) is 16.5. The molecule has 6 nitrogen and oxygen atoms in total. The maximum atomic E-state index is 12.3. The van der Waals surface area contributed by atoms with Gasteiger partial charge in [-0.1, -0.05) is 18.9 Å². The van der Waals surface area contributed by atoms with Crippen LogP contribution in [0.25, 0.3) is 0 Å². The van der Waals surface area contributed by atoms with Crippen molar-refractivity contribution in [2.75, 3.05) is 39.8 Å². The average Bonchev–Trinajstić information content (AvgIpc) is 3.14. The second kappa shape index (κ2) is 9.62. The number of guanidine groups is 1. The molecular formula is C21H32N4O2. The van der Waals surface area contributed by atoms with Crippen LogP contribution in [0.3, 0.4) is 0 Å². The van der Waals surface area contributed by atoms with E-state index in [2.05, 4.69) is 22.5 Å². The van der Waals surface area contributed by atoms with Crippen molar-refractivity contribution in [1.82, 2.24) is 15.5 Å². The predicted molar refractivity (Wildman–Crippen MR) is 108 cm³/mol. The number of fused-ring (bicyclic) bond motifs is 1. The average molecular weight is 373 g/mol. The van der Waals surface area contributed by atoms with Gasteiger partial charge < -0.3 is 20.3 Å². The molecular weight excluding hydrogens is 340 g/mol. The fourth-order valence-electron chi connectivity index (χ4n) is 4.20. The highest BCUT2D eigenvalue weighted by Crippen LogP contribution is 2.35. The Morgan fingerprint density at radius 3 is 2.63 bits per heavy atom. The summed E-state index contributed by atoms with van der Waals surface area (Å²) in [5.41, 5.74) is 0.605. The van der Waals surface area contributed by atoms with Crippen LogP contribution in [-0.4, -0.2) is 56.6 Å². The number of carbonyl (C=O) groups excluding carboxylic acids is 1. The van der Waals surface area contributed by atoms with E-state index in [4.69, 9.17) is 9.73 Å². The smallest absolute Gasteiger partial charge is 0.251 e. The van der Waals surface area contributed by atoms with Crippen molar-refractivity contribution in [1.29, 1.82) is 0 Å². The predicted octanol–water partition coefficient (Wildman–Crippen LogP) is 2.51. The monoisotopic (exact) mass is 372 g/mol. The van der Waals surface area contributed by atoms with Gasteiger partial charge in [-0.3, -0.25) is 9.79 Å². The molecule has 0 spiro atoms. The van der Waals surface area contributed by atoms with E-state index in [1.165, 1.54) is 25.7 Å². The van der Waals surface area contributed by atoms with Crippen molar-refractivity contribution < 1.29 is 9.53 Å². The fraction of sp³-hybridized carbons (Fsp3) is 0.619. The van der Waals surface area contributed by atoms with E-state index >= 15 is 0 Å². The number of hydrogen-bond acceptors (Lipinski definition) is 3. The molecule has 2 fully saturated rings. The highest BCUT2D eigenvalue weighted by Gasteiger charge is 2.35. The molecule has 27 heavy (non-hydrogen) atoms.